The monoisotopic (exact) mass is 205 g/mol. The van der Waals surface area contributed by atoms with E-state index in [1.54, 1.807) is 24.3 Å². The van der Waals surface area contributed by atoms with Crippen LogP contribution in [-0.2, 0) is 9.59 Å². The number of nitrogens with one attached hydrogen (secondary N) is 2. The van der Waals surface area contributed by atoms with Crippen molar-refractivity contribution in [1.29, 1.82) is 5.41 Å². The molecular formula is C10H11N3O2. The minimum absolute atomic E-state index is 0.301. The third kappa shape index (κ3) is 3.60. The second-order valence-corrected chi connectivity index (χ2v) is 2.93. The van der Waals surface area contributed by atoms with Gasteiger partial charge in [0.1, 0.15) is 5.71 Å². The highest BCUT2D eigenvalue weighted by Crippen LogP contribution is 2.05. The standard InChI is InChI=1S/C10H11N3O2/c11-8(10(12)15)6-9(14)13-7-4-2-1-3-5-7/h1-5,11H,6H2,(H2,12,15)(H,13,14). The highest BCUT2D eigenvalue weighted by atomic mass is 16.2. The van der Waals surface area contributed by atoms with Gasteiger partial charge in [-0.3, -0.25) is 15.0 Å². The molecule has 78 valence electrons. The number of carbonyl (C=O) groups excluding carboxylic acids is 2. The molecule has 5 nitrogen and oxygen atoms in total. The van der Waals surface area contributed by atoms with Gasteiger partial charge in [-0.05, 0) is 12.1 Å². The number of anilines is 1. The zero-order valence-electron chi connectivity index (χ0n) is 7.99. The number of primary amides is 1. The van der Waals surface area contributed by atoms with Gasteiger partial charge in [0.15, 0.2) is 0 Å². The molecule has 0 aliphatic heterocycles. The molecule has 0 radical (unpaired) electrons. The van der Waals surface area contributed by atoms with Gasteiger partial charge < -0.3 is 11.1 Å². The normalized spacial score (nSPS) is 9.33. The summed E-state index contributed by atoms with van der Waals surface area (Å²) in [7, 11) is 0. The topological polar surface area (TPSA) is 96.0 Å². The summed E-state index contributed by atoms with van der Waals surface area (Å²) < 4.78 is 0. The fourth-order valence-corrected chi connectivity index (χ4v) is 0.974. The number of rotatable bonds is 4. The Labute approximate surface area is 86.8 Å². The highest BCUT2D eigenvalue weighted by molar-refractivity contribution is 6.40. The molecule has 0 atom stereocenters. The Balaban J connectivity index is 2.51. The Morgan fingerprint density at radius 2 is 1.87 bits per heavy atom. The van der Waals surface area contributed by atoms with Crippen LogP contribution in [0.3, 0.4) is 0 Å². The van der Waals surface area contributed by atoms with E-state index in [9.17, 15) is 9.59 Å². The third-order valence-corrected chi connectivity index (χ3v) is 1.69. The zero-order valence-corrected chi connectivity index (χ0v) is 7.99. The molecule has 0 unspecified atom stereocenters. The summed E-state index contributed by atoms with van der Waals surface area (Å²) in [6.45, 7) is 0. The van der Waals surface area contributed by atoms with E-state index in [1.807, 2.05) is 6.07 Å². The Hall–Kier alpha value is -2.17. The number of nitrogens with two attached hydrogens (primary N) is 1. The molecule has 0 bridgehead atoms. The average molecular weight is 205 g/mol. The van der Waals surface area contributed by atoms with E-state index < -0.39 is 17.5 Å². The van der Waals surface area contributed by atoms with Crippen molar-refractivity contribution >= 4 is 23.2 Å². The highest BCUT2D eigenvalue weighted by Gasteiger charge is 2.10. The minimum Gasteiger partial charge on any atom is -0.365 e. The SMILES string of the molecule is N=C(CC(=O)Nc1ccccc1)C(N)=O. The second-order valence-electron chi connectivity index (χ2n) is 2.93. The molecule has 0 saturated carbocycles. The van der Waals surface area contributed by atoms with Gasteiger partial charge in [-0.25, -0.2) is 0 Å². The predicted octanol–water partition coefficient (Wildman–Crippen LogP) is 0.520. The summed E-state index contributed by atoms with van der Waals surface area (Å²) in [5.41, 5.74) is 5.06. The van der Waals surface area contributed by atoms with Gasteiger partial charge in [-0.1, -0.05) is 18.2 Å². The molecule has 0 fully saturated rings. The van der Waals surface area contributed by atoms with Crippen molar-refractivity contribution in [2.45, 2.75) is 6.42 Å². The van der Waals surface area contributed by atoms with Gasteiger partial charge >= 0.3 is 0 Å². The Kier molecular flexibility index (Phi) is 3.56. The maximum absolute atomic E-state index is 11.3. The van der Waals surface area contributed by atoms with Crippen molar-refractivity contribution < 1.29 is 9.59 Å². The van der Waals surface area contributed by atoms with E-state index >= 15 is 0 Å². The van der Waals surface area contributed by atoms with E-state index in [0.717, 1.165) is 0 Å². The van der Waals surface area contributed by atoms with Crippen molar-refractivity contribution in [3.05, 3.63) is 30.3 Å². The average Bonchev–Trinajstić information content (AvgIpc) is 2.18. The number of amides is 2. The molecule has 0 aliphatic rings. The Morgan fingerprint density at radius 3 is 2.40 bits per heavy atom. The summed E-state index contributed by atoms with van der Waals surface area (Å²) in [6.07, 6.45) is -0.301. The van der Waals surface area contributed by atoms with Crippen LogP contribution in [0.5, 0.6) is 0 Å². The van der Waals surface area contributed by atoms with Crippen LogP contribution in [0.1, 0.15) is 6.42 Å². The van der Waals surface area contributed by atoms with Crippen LogP contribution < -0.4 is 11.1 Å². The summed E-state index contributed by atoms with van der Waals surface area (Å²) in [4.78, 5) is 21.8. The van der Waals surface area contributed by atoms with Crippen LogP contribution >= 0.6 is 0 Å². The van der Waals surface area contributed by atoms with E-state index in [1.165, 1.54) is 0 Å². The fraction of sp³-hybridized carbons (Fsp3) is 0.100. The van der Waals surface area contributed by atoms with Crippen LogP contribution in [0.4, 0.5) is 5.69 Å². The molecule has 1 aromatic carbocycles. The molecule has 5 heteroatoms. The lowest BCUT2D eigenvalue weighted by Gasteiger charge is -2.03. The molecule has 0 heterocycles. The fourth-order valence-electron chi connectivity index (χ4n) is 0.974. The molecule has 1 aromatic rings. The maximum Gasteiger partial charge on any atom is 0.262 e. The van der Waals surface area contributed by atoms with Gasteiger partial charge in [0.25, 0.3) is 5.91 Å². The molecule has 15 heavy (non-hydrogen) atoms. The first kappa shape index (κ1) is 10.9. The van der Waals surface area contributed by atoms with Crippen LogP contribution in [0.25, 0.3) is 0 Å². The van der Waals surface area contributed by atoms with Gasteiger partial charge in [-0.2, -0.15) is 0 Å². The first-order valence-electron chi connectivity index (χ1n) is 4.31. The van der Waals surface area contributed by atoms with E-state index in [-0.39, 0.29) is 6.42 Å². The van der Waals surface area contributed by atoms with Crippen LogP contribution in [0, 0.1) is 5.41 Å². The lowest BCUT2D eigenvalue weighted by atomic mass is 10.2. The van der Waals surface area contributed by atoms with Crippen molar-refractivity contribution in [2.75, 3.05) is 5.32 Å². The lowest BCUT2D eigenvalue weighted by molar-refractivity contribution is -0.116. The summed E-state index contributed by atoms with van der Waals surface area (Å²) in [6, 6.07) is 8.79. The van der Waals surface area contributed by atoms with Crippen LogP contribution in [0.2, 0.25) is 0 Å². The second kappa shape index (κ2) is 4.90. The summed E-state index contributed by atoms with van der Waals surface area (Å²) in [5.74, 6) is -1.30. The number of para-hydroxylation sites is 1. The van der Waals surface area contributed by atoms with Crippen LogP contribution in [-0.4, -0.2) is 17.5 Å². The largest absolute Gasteiger partial charge is 0.365 e. The summed E-state index contributed by atoms with van der Waals surface area (Å²) >= 11 is 0. The van der Waals surface area contributed by atoms with Crippen molar-refractivity contribution in [1.82, 2.24) is 0 Å². The summed E-state index contributed by atoms with van der Waals surface area (Å²) in [5, 5.41) is 9.64. The number of hydrogen-bond donors (Lipinski definition) is 3. The molecule has 1 rings (SSSR count). The van der Waals surface area contributed by atoms with Crippen molar-refractivity contribution in [2.24, 2.45) is 5.73 Å². The molecule has 0 spiro atoms. The molecule has 0 saturated heterocycles. The van der Waals surface area contributed by atoms with Gasteiger partial charge in [-0.15, -0.1) is 0 Å². The van der Waals surface area contributed by atoms with Crippen molar-refractivity contribution in [3.8, 4) is 0 Å². The number of benzene rings is 1. The van der Waals surface area contributed by atoms with Crippen LogP contribution in [0.15, 0.2) is 30.3 Å². The molecule has 2 amide bonds. The number of hydrogen-bond acceptors (Lipinski definition) is 3. The quantitative estimate of drug-likeness (QED) is 0.625. The zero-order chi connectivity index (χ0) is 11.3. The van der Waals surface area contributed by atoms with Crippen molar-refractivity contribution in [3.63, 3.8) is 0 Å². The lowest BCUT2D eigenvalue weighted by Crippen LogP contribution is -2.27. The minimum atomic E-state index is -0.877. The van der Waals surface area contributed by atoms with Gasteiger partial charge in [0.05, 0.1) is 6.42 Å². The van der Waals surface area contributed by atoms with E-state index in [0.29, 0.717) is 5.69 Å². The Bertz CT molecular complexity index is 387. The third-order valence-electron chi connectivity index (χ3n) is 1.69. The first-order chi connectivity index (χ1) is 7.09. The molecule has 0 aromatic heterocycles. The first-order valence-corrected chi connectivity index (χ1v) is 4.31. The van der Waals surface area contributed by atoms with Gasteiger partial charge in [0.2, 0.25) is 5.91 Å². The molecule has 4 N–H and O–H groups in total. The predicted molar refractivity (Wildman–Crippen MR) is 56.6 cm³/mol. The smallest absolute Gasteiger partial charge is 0.262 e. The van der Waals surface area contributed by atoms with Gasteiger partial charge in [0, 0.05) is 5.69 Å². The van der Waals surface area contributed by atoms with E-state index in [4.69, 9.17) is 11.1 Å². The Morgan fingerprint density at radius 1 is 1.27 bits per heavy atom. The maximum atomic E-state index is 11.3. The molecular weight excluding hydrogens is 194 g/mol. The molecule has 0 aliphatic carbocycles. The number of carbonyl (C=O) groups is 2. The van der Waals surface area contributed by atoms with E-state index in [2.05, 4.69) is 5.32 Å².